The van der Waals surface area contributed by atoms with Crippen LogP contribution in [0.25, 0.3) is 0 Å². The molecule has 128 valence electrons. The molecule has 2 heterocycles. The summed E-state index contributed by atoms with van der Waals surface area (Å²) in [5.41, 5.74) is 1.02. The molecule has 3 rings (SSSR count). The highest BCUT2D eigenvalue weighted by Gasteiger charge is 2.09. The highest BCUT2D eigenvalue weighted by atomic mass is 35.5. The number of hydrogen-bond donors (Lipinski definition) is 2. The Labute approximate surface area is 149 Å². The van der Waals surface area contributed by atoms with Gasteiger partial charge in [0.15, 0.2) is 0 Å². The lowest BCUT2D eigenvalue weighted by Crippen LogP contribution is -2.12. The molecule has 7 heteroatoms. The van der Waals surface area contributed by atoms with E-state index in [1.165, 1.54) is 13.3 Å². The van der Waals surface area contributed by atoms with Crippen molar-refractivity contribution in [3.8, 4) is 5.75 Å². The molecule has 0 saturated carbocycles. The number of aromatic nitrogens is 1. The van der Waals surface area contributed by atoms with E-state index in [1.54, 1.807) is 36.6 Å². The standard InChI is InChI=1S/C18H16ClN3O3/c1-24-16-6-5-13(9-15(16)19)22-18(23)12-4-7-17(20-10-12)21-11-14-3-2-8-25-14/h2-10H,11H2,1H3,(H,20,21)(H,22,23). The number of hydrogen-bond acceptors (Lipinski definition) is 5. The number of halogens is 1. The molecular weight excluding hydrogens is 342 g/mol. The first-order valence-corrected chi connectivity index (χ1v) is 7.90. The zero-order valence-corrected chi connectivity index (χ0v) is 14.2. The maximum Gasteiger partial charge on any atom is 0.257 e. The van der Waals surface area contributed by atoms with Gasteiger partial charge in [-0.05, 0) is 42.5 Å². The zero-order chi connectivity index (χ0) is 17.6. The number of amides is 1. The Morgan fingerprint density at radius 1 is 1.28 bits per heavy atom. The number of benzene rings is 1. The minimum absolute atomic E-state index is 0.272. The lowest BCUT2D eigenvalue weighted by atomic mass is 10.2. The van der Waals surface area contributed by atoms with E-state index in [2.05, 4.69) is 15.6 Å². The number of pyridine rings is 1. The van der Waals surface area contributed by atoms with Crippen LogP contribution in [0.4, 0.5) is 11.5 Å². The number of methoxy groups -OCH3 is 1. The van der Waals surface area contributed by atoms with Crippen molar-refractivity contribution in [3.63, 3.8) is 0 Å². The quantitative estimate of drug-likeness (QED) is 0.691. The first kappa shape index (κ1) is 16.9. The molecule has 0 fully saturated rings. The maximum absolute atomic E-state index is 12.3. The van der Waals surface area contributed by atoms with Crippen molar-refractivity contribution in [2.45, 2.75) is 6.54 Å². The van der Waals surface area contributed by atoms with Gasteiger partial charge in [-0.15, -0.1) is 0 Å². The molecule has 6 nitrogen and oxygen atoms in total. The fourth-order valence-corrected chi connectivity index (χ4v) is 2.43. The molecule has 0 radical (unpaired) electrons. The normalized spacial score (nSPS) is 10.3. The van der Waals surface area contributed by atoms with Crippen molar-refractivity contribution in [3.05, 3.63) is 71.3 Å². The van der Waals surface area contributed by atoms with Crippen LogP contribution < -0.4 is 15.4 Å². The highest BCUT2D eigenvalue weighted by molar-refractivity contribution is 6.32. The van der Waals surface area contributed by atoms with E-state index in [0.717, 1.165) is 5.76 Å². The maximum atomic E-state index is 12.3. The second-order valence-electron chi connectivity index (χ2n) is 5.17. The number of rotatable bonds is 6. The Morgan fingerprint density at radius 2 is 2.16 bits per heavy atom. The van der Waals surface area contributed by atoms with Gasteiger partial charge in [-0.2, -0.15) is 0 Å². The van der Waals surface area contributed by atoms with Crippen LogP contribution in [0.1, 0.15) is 16.1 Å². The molecule has 0 aliphatic carbocycles. The van der Waals surface area contributed by atoms with Crippen LogP contribution in [0.3, 0.4) is 0 Å². The van der Waals surface area contributed by atoms with Crippen molar-refractivity contribution < 1.29 is 13.9 Å². The van der Waals surface area contributed by atoms with E-state index >= 15 is 0 Å². The van der Waals surface area contributed by atoms with E-state index < -0.39 is 0 Å². The smallest absolute Gasteiger partial charge is 0.257 e. The van der Waals surface area contributed by atoms with E-state index in [0.29, 0.717) is 34.4 Å². The fraction of sp³-hybridized carbons (Fsp3) is 0.111. The number of nitrogens with zero attached hydrogens (tertiary/aromatic N) is 1. The van der Waals surface area contributed by atoms with Gasteiger partial charge in [-0.3, -0.25) is 4.79 Å². The van der Waals surface area contributed by atoms with E-state index in [1.807, 2.05) is 12.1 Å². The van der Waals surface area contributed by atoms with Gasteiger partial charge in [0.2, 0.25) is 0 Å². The topological polar surface area (TPSA) is 76.4 Å². The van der Waals surface area contributed by atoms with Crippen LogP contribution in [0.5, 0.6) is 5.75 Å². The summed E-state index contributed by atoms with van der Waals surface area (Å²) in [4.78, 5) is 16.5. The average molecular weight is 358 g/mol. The van der Waals surface area contributed by atoms with Gasteiger partial charge in [-0.25, -0.2) is 4.98 Å². The van der Waals surface area contributed by atoms with Crippen molar-refractivity contribution in [1.82, 2.24) is 4.98 Å². The molecule has 0 atom stereocenters. The van der Waals surface area contributed by atoms with Crippen LogP contribution >= 0.6 is 11.6 Å². The molecule has 0 bridgehead atoms. The van der Waals surface area contributed by atoms with Crippen molar-refractivity contribution >= 4 is 29.0 Å². The van der Waals surface area contributed by atoms with E-state index in [-0.39, 0.29) is 5.91 Å². The molecule has 2 aromatic heterocycles. The van der Waals surface area contributed by atoms with Crippen LogP contribution in [-0.2, 0) is 6.54 Å². The van der Waals surface area contributed by atoms with Gasteiger partial charge >= 0.3 is 0 Å². The molecule has 0 spiro atoms. The summed E-state index contributed by atoms with van der Waals surface area (Å²) in [6.07, 6.45) is 3.12. The SMILES string of the molecule is COc1ccc(NC(=O)c2ccc(NCc3ccco3)nc2)cc1Cl. The predicted molar refractivity (Wildman–Crippen MR) is 96.2 cm³/mol. The summed E-state index contributed by atoms with van der Waals surface area (Å²) in [6, 6.07) is 12.2. The second kappa shape index (κ2) is 7.72. The molecule has 1 amide bonds. The third-order valence-electron chi connectivity index (χ3n) is 3.46. The molecule has 0 unspecified atom stereocenters. The Hall–Kier alpha value is -2.99. The number of carbonyl (C=O) groups excluding carboxylic acids is 1. The van der Waals surface area contributed by atoms with Gasteiger partial charge in [-0.1, -0.05) is 11.6 Å². The van der Waals surface area contributed by atoms with Crippen LogP contribution in [0.2, 0.25) is 5.02 Å². The Balaban J connectivity index is 1.61. The number of anilines is 2. The van der Waals surface area contributed by atoms with Crippen LogP contribution in [0, 0.1) is 0 Å². The molecule has 0 saturated heterocycles. The monoisotopic (exact) mass is 357 g/mol. The van der Waals surface area contributed by atoms with Gasteiger partial charge in [0.1, 0.15) is 17.3 Å². The summed E-state index contributed by atoms with van der Waals surface area (Å²) in [7, 11) is 1.53. The second-order valence-corrected chi connectivity index (χ2v) is 5.58. The summed E-state index contributed by atoms with van der Waals surface area (Å²) in [5.74, 6) is 1.74. The summed E-state index contributed by atoms with van der Waals surface area (Å²) >= 11 is 6.05. The summed E-state index contributed by atoms with van der Waals surface area (Å²) in [6.45, 7) is 0.524. The molecule has 2 N–H and O–H groups in total. The summed E-state index contributed by atoms with van der Waals surface area (Å²) in [5, 5.41) is 6.31. The van der Waals surface area contributed by atoms with Gasteiger partial charge in [0, 0.05) is 11.9 Å². The minimum atomic E-state index is -0.272. The lowest BCUT2D eigenvalue weighted by molar-refractivity contribution is 0.102. The lowest BCUT2D eigenvalue weighted by Gasteiger charge is -2.09. The minimum Gasteiger partial charge on any atom is -0.495 e. The van der Waals surface area contributed by atoms with Crippen molar-refractivity contribution in [1.29, 1.82) is 0 Å². The Kier molecular flexibility index (Phi) is 5.20. The van der Waals surface area contributed by atoms with Crippen molar-refractivity contribution in [2.75, 3.05) is 17.7 Å². The van der Waals surface area contributed by atoms with Gasteiger partial charge in [0.25, 0.3) is 5.91 Å². The number of carbonyl (C=O) groups is 1. The van der Waals surface area contributed by atoms with Gasteiger partial charge in [0.05, 0.1) is 30.5 Å². The molecular formula is C18H16ClN3O3. The Bertz CT molecular complexity index is 849. The molecule has 0 aliphatic rings. The molecule has 3 aromatic rings. The van der Waals surface area contributed by atoms with Crippen LogP contribution in [0.15, 0.2) is 59.3 Å². The number of nitrogens with one attached hydrogen (secondary N) is 2. The number of ether oxygens (including phenoxy) is 1. The van der Waals surface area contributed by atoms with Crippen molar-refractivity contribution in [2.24, 2.45) is 0 Å². The van der Waals surface area contributed by atoms with E-state index in [4.69, 9.17) is 20.8 Å². The molecule has 25 heavy (non-hydrogen) atoms. The third-order valence-corrected chi connectivity index (χ3v) is 3.75. The van der Waals surface area contributed by atoms with E-state index in [9.17, 15) is 4.79 Å². The third kappa shape index (κ3) is 4.30. The molecule has 1 aromatic carbocycles. The highest BCUT2D eigenvalue weighted by Crippen LogP contribution is 2.27. The predicted octanol–water partition coefficient (Wildman–Crippen LogP) is 4.20. The van der Waals surface area contributed by atoms with Gasteiger partial charge < -0.3 is 19.8 Å². The summed E-state index contributed by atoms with van der Waals surface area (Å²) < 4.78 is 10.3. The fourth-order valence-electron chi connectivity index (χ4n) is 2.17. The number of furan rings is 1. The largest absolute Gasteiger partial charge is 0.495 e. The molecule has 0 aliphatic heterocycles. The zero-order valence-electron chi connectivity index (χ0n) is 13.5. The first-order valence-electron chi connectivity index (χ1n) is 7.53. The Morgan fingerprint density at radius 3 is 2.80 bits per heavy atom. The average Bonchev–Trinajstić information content (AvgIpc) is 3.14. The van der Waals surface area contributed by atoms with Crippen LogP contribution in [-0.4, -0.2) is 18.0 Å². The first-order chi connectivity index (χ1) is 12.2.